The van der Waals surface area contributed by atoms with Crippen LogP contribution in [-0.4, -0.2) is 32.3 Å². The third-order valence-corrected chi connectivity index (χ3v) is 4.33. The van der Waals surface area contributed by atoms with Gasteiger partial charge < -0.3 is 24.3 Å². The first kappa shape index (κ1) is 15.1. The van der Waals surface area contributed by atoms with Gasteiger partial charge >= 0.3 is 0 Å². The summed E-state index contributed by atoms with van der Waals surface area (Å²) in [6, 6.07) is 8.72. The van der Waals surface area contributed by atoms with E-state index >= 15 is 0 Å². The van der Waals surface area contributed by atoms with Gasteiger partial charge in [-0.25, -0.2) is 0 Å². The van der Waals surface area contributed by atoms with Crippen molar-refractivity contribution >= 4 is 27.5 Å². The summed E-state index contributed by atoms with van der Waals surface area (Å²) in [5.41, 5.74) is 1.10. The van der Waals surface area contributed by atoms with Crippen LogP contribution in [0.5, 0.6) is 23.0 Å². The molecule has 0 unspecified atom stereocenters. The van der Waals surface area contributed by atoms with Crippen LogP contribution in [0.2, 0.25) is 0 Å². The van der Waals surface area contributed by atoms with Gasteiger partial charge in [0.15, 0.2) is 23.0 Å². The van der Waals surface area contributed by atoms with Crippen molar-refractivity contribution in [3.05, 3.63) is 40.4 Å². The van der Waals surface area contributed by atoms with Gasteiger partial charge in [0.1, 0.15) is 26.4 Å². The molecule has 1 N–H and O–H groups in total. The zero-order valence-electron chi connectivity index (χ0n) is 12.6. The number of ether oxygens (including phenoxy) is 4. The van der Waals surface area contributed by atoms with Crippen molar-refractivity contribution in [2.45, 2.75) is 0 Å². The molecule has 0 bridgehead atoms. The summed E-state index contributed by atoms with van der Waals surface area (Å²) in [6.07, 6.45) is 0. The average Bonchev–Trinajstić information content (AvgIpc) is 2.61. The van der Waals surface area contributed by atoms with Crippen molar-refractivity contribution in [3.8, 4) is 23.0 Å². The molecule has 0 saturated heterocycles. The maximum absolute atomic E-state index is 12.6. The molecule has 0 aromatic heterocycles. The van der Waals surface area contributed by atoms with E-state index in [2.05, 4.69) is 21.2 Å². The highest BCUT2D eigenvalue weighted by Gasteiger charge is 2.19. The number of benzene rings is 2. The number of amides is 1. The summed E-state index contributed by atoms with van der Waals surface area (Å²) < 4.78 is 22.7. The Labute approximate surface area is 146 Å². The highest BCUT2D eigenvalue weighted by atomic mass is 79.9. The molecule has 0 radical (unpaired) electrons. The largest absolute Gasteiger partial charge is 0.486 e. The van der Waals surface area contributed by atoms with Crippen LogP contribution in [-0.2, 0) is 0 Å². The van der Waals surface area contributed by atoms with Gasteiger partial charge in [0.05, 0.1) is 5.56 Å². The van der Waals surface area contributed by atoms with Gasteiger partial charge in [-0.05, 0) is 40.2 Å². The Hall–Kier alpha value is -2.41. The third-order valence-electron chi connectivity index (χ3n) is 3.68. The monoisotopic (exact) mass is 391 g/mol. The summed E-state index contributed by atoms with van der Waals surface area (Å²) in [5.74, 6) is 2.25. The minimum absolute atomic E-state index is 0.254. The fourth-order valence-electron chi connectivity index (χ4n) is 2.56. The number of nitrogens with one attached hydrogen (secondary N) is 1. The zero-order chi connectivity index (χ0) is 16.5. The Morgan fingerprint density at radius 2 is 1.42 bits per heavy atom. The van der Waals surface area contributed by atoms with Crippen molar-refractivity contribution in [1.82, 2.24) is 0 Å². The molecule has 6 nitrogen and oxygen atoms in total. The molecule has 2 aliphatic rings. The van der Waals surface area contributed by atoms with Crippen molar-refractivity contribution in [1.29, 1.82) is 0 Å². The first-order valence-corrected chi connectivity index (χ1v) is 8.30. The summed E-state index contributed by atoms with van der Waals surface area (Å²) in [4.78, 5) is 12.6. The Bertz CT molecular complexity index is 808. The van der Waals surface area contributed by atoms with E-state index in [0.29, 0.717) is 65.1 Å². The number of halogens is 1. The van der Waals surface area contributed by atoms with E-state index in [4.69, 9.17) is 18.9 Å². The number of carbonyl (C=O) groups is 1. The van der Waals surface area contributed by atoms with Gasteiger partial charge in [0.25, 0.3) is 5.91 Å². The molecule has 0 fully saturated rings. The van der Waals surface area contributed by atoms with E-state index < -0.39 is 0 Å². The highest BCUT2D eigenvalue weighted by molar-refractivity contribution is 9.10. The third kappa shape index (κ3) is 2.87. The Balaban J connectivity index is 1.58. The first-order valence-electron chi connectivity index (χ1n) is 7.51. The quantitative estimate of drug-likeness (QED) is 0.850. The maximum atomic E-state index is 12.6. The molecule has 2 aromatic carbocycles. The van der Waals surface area contributed by atoms with E-state index in [0.717, 1.165) is 0 Å². The smallest absolute Gasteiger partial charge is 0.256 e. The van der Waals surface area contributed by atoms with E-state index in [1.165, 1.54) is 0 Å². The van der Waals surface area contributed by atoms with Gasteiger partial charge in [0.2, 0.25) is 0 Å². The molecule has 2 aliphatic heterocycles. The lowest BCUT2D eigenvalue weighted by atomic mass is 10.1. The minimum Gasteiger partial charge on any atom is -0.486 e. The second-order valence-corrected chi connectivity index (χ2v) is 6.14. The molecule has 0 saturated carbocycles. The summed E-state index contributed by atoms with van der Waals surface area (Å²) in [6.45, 7) is 2.00. The van der Waals surface area contributed by atoms with Crippen LogP contribution in [0, 0.1) is 0 Å². The molecule has 0 aliphatic carbocycles. The van der Waals surface area contributed by atoms with Gasteiger partial charge in [-0.15, -0.1) is 0 Å². The minimum atomic E-state index is -0.254. The predicted molar refractivity (Wildman–Crippen MR) is 90.5 cm³/mol. The van der Waals surface area contributed by atoms with Crippen LogP contribution in [0.4, 0.5) is 5.69 Å². The van der Waals surface area contributed by atoms with Gasteiger partial charge in [-0.1, -0.05) is 0 Å². The molecule has 2 heterocycles. The van der Waals surface area contributed by atoms with Crippen LogP contribution in [0.3, 0.4) is 0 Å². The fraction of sp³-hybridized carbons (Fsp3) is 0.235. The lowest BCUT2D eigenvalue weighted by Gasteiger charge is -2.20. The molecule has 24 heavy (non-hydrogen) atoms. The zero-order valence-corrected chi connectivity index (χ0v) is 14.2. The summed E-state index contributed by atoms with van der Waals surface area (Å²) in [7, 11) is 0. The highest BCUT2D eigenvalue weighted by Crippen LogP contribution is 2.36. The standard InChI is InChI=1S/C17H14BrNO5/c18-12-9-16-15(23-5-6-24-16)8-11(12)17(20)19-10-1-2-13-14(7-10)22-4-3-21-13/h1-2,7-9H,3-6H2,(H,19,20). The summed E-state index contributed by atoms with van der Waals surface area (Å²) in [5, 5.41) is 2.86. The van der Waals surface area contributed by atoms with Crippen LogP contribution in [0.25, 0.3) is 0 Å². The second-order valence-electron chi connectivity index (χ2n) is 5.29. The fourth-order valence-corrected chi connectivity index (χ4v) is 3.06. The molecular formula is C17H14BrNO5. The van der Waals surface area contributed by atoms with E-state index in [1.807, 2.05) is 0 Å². The molecule has 0 atom stereocenters. The normalized spacial score (nSPS) is 14.9. The Morgan fingerprint density at radius 1 is 0.833 bits per heavy atom. The van der Waals surface area contributed by atoms with Gasteiger partial charge in [0, 0.05) is 16.2 Å². The van der Waals surface area contributed by atoms with Gasteiger partial charge in [-0.2, -0.15) is 0 Å². The van der Waals surface area contributed by atoms with Crippen molar-refractivity contribution in [2.75, 3.05) is 31.7 Å². The van der Waals surface area contributed by atoms with Crippen molar-refractivity contribution in [2.24, 2.45) is 0 Å². The number of hydrogen-bond donors (Lipinski definition) is 1. The number of carbonyl (C=O) groups excluding carboxylic acids is 1. The lowest BCUT2D eigenvalue weighted by molar-refractivity contribution is 0.102. The number of anilines is 1. The number of hydrogen-bond acceptors (Lipinski definition) is 5. The van der Waals surface area contributed by atoms with Crippen molar-refractivity contribution < 1.29 is 23.7 Å². The SMILES string of the molecule is O=C(Nc1ccc2c(c1)OCCO2)c1cc2c(cc1Br)OCCO2. The molecule has 4 rings (SSSR count). The van der Waals surface area contributed by atoms with Crippen LogP contribution in [0.15, 0.2) is 34.8 Å². The van der Waals surface area contributed by atoms with Crippen LogP contribution < -0.4 is 24.3 Å². The van der Waals surface area contributed by atoms with E-state index in [9.17, 15) is 4.79 Å². The summed E-state index contributed by atoms with van der Waals surface area (Å²) >= 11 is 3.41. The Morgan fingerprint density at radius 3 is 2.12 bits per heavy atom. The predicted octanol–water partition coefficient (Wildman–Crippen LogP) is 3.24. The topological polar surface area (TPSA) is 66.0 Å². The maximum Gasteiger partial charge on any atom is 0.256 e. The van der Waals surface area contributed by atoms with Crippen LogP contribution >= 0.6 is 15.9 Å². The molecular weight excluding hydrogens is 378 g/mol. The number of rotatable bonds is 2. The van der Waals surface area contributed by atoms with Gasteiger partial charge in [-0.3, -0.25) is 4.79 Å². The molecule has 7 heteroatoms. The molecule has 0 spiro atoms. The van der Waals surface area contributed by atoms with Crippen LogP contribution in [0.1, 0.15) is 10.4 Å². The van der Waals surface area contributed by atoms with E-state index in [1.54, 1.807) is 30.3 Å². The molecule has 2 aromatic rings. The average molecular weight is 392 g/mol. The van der Waals surface area contributed by atoms with E-state index in [-0.39, 0.29) is 5.91 Å². The Kier molecular flexibility index (Phi) is 3.93. The first-order chi connectivity index (χ1) is 11.7. The molecule has 1 amide bonds. The molecule has 124 valence electrons. The number of fused-ring (bicyclic) bond motifs is 2. The lowest BCUT2D eigenvalue weighted by Crippen LogP contribution is -2.18. The van der Waals surface area contributed by atoms with Crippen molar-refractivity contribution in [3.63, 3.8) is 0 Å². The second kappa shape index (κ2) is 6.24.